The highest BCUT2D eigenvalue weighted by atomic mass is 35.5. The highest BCUT2D eigenvalue weighted by Crippen LogP contribution is 2.31. The van der Waals surface area contributed by atoms with Crippen LogP contribution in [0.25, 0.3) is 22.9 Å². The summed E-state index contributed by atoms with van der Waals surface area (Å²) in [6, 6.07) is 13.5. The number of rotatable bonds is 10. The van der Waals surface area contributed by atoms with E-state index >= 15 is 0 Å². The second-order valence-electron chi connectivity index (χ2n) is 7.10. The molecule has 1 aromatic heterocycles. The molecular formula is C23H26Cl2N2O. The third-order valence-electron chi connectivity index (χ3n) is 4.85. The molecular weight excluding hydrogens is 391 g/mol. The Bertz CT molecular complexity index is 875. The Hall–Kier alpha value is -1.84. The topological polar surface area (TPSA) is 38.9 Å². The maximum atomic E-state index is 6.22. The molecule has 3 nitrogen and oxygen atoms in total. The number of hydrogen-bond acceptors (Lipinski definition) is 3. The molecule has 0 N–H and O–H groups in total. The summed E-state index contributed by atoms with van der Waals surface area (Å²) in [5, 5.41) is 9.38. The fourth-order valence-corrected chi connectivity index (χ4v) is 3.58. The van der Waals surface area contributed by atoms with E-state index in [1.54, 1.807) is 18.2 Å². The summed E-state index contributed by atoms with van der Waals surface area (Å²) in [5.74, 6) is 0.850. The van der Waals surface area contributed by atoms with Crippen molar-refractivity contribution in [1.29, 1.82) is 0 Å². The molecule has 5 heteroatoms. The van der Waals surface area contributed by atoms with Crippen LogP contribution in [0.1, 0.15) is 57.4 Å². The molecule has 1 heterocycles. The van der Waals surface area contributed by atoms with E-state index in [-0.39, 0.29) is 0 Å². The van der Waals surface area contributed by atoms with Crippen molar-refractivity contribution >= 4 is 23.2 Å². The Morgan fingerprint density at radius 3 is 2.21 bits per heavy atom. The van der Waals surface area contributed by atoms with Gasteiger partial charge in [0, 0.05) is 10.6 Å². The van der Waals surface area contributed by atoms with Gasteiger partial charge < -0.3 is 4.42 Å². The highest BCUT2D eigenvalue weighted by Gasteiger charge is 2.13. The standard InChI is InChI=1S/C23H26Cl2N2O/c1-2-3-4-5-6-7-8-9-17-10-12-18(13-11-17)22-26-27-23(28-22)20-16-19(24)14-15-21(20)25/h10-16H,2-9H2,1H3. The van der Waals surface area contributed by atoms with Crippen molar-refractivity contribution in [3.05, 3.63) is 58.1 Å². The van der Waals surface area contributed by atoms with Gasteiger partial charge in [0.25, 0.3) is 0 Å². The summed E-state index contributed by atoms with van der Waals surface area (Å²) < 4.78 is 5.81. The second-order valence-corrected chi connectivity index (χ2v) is 7.95. The quantitative estimate of drug-likeness (QED) is 0.314. The summed E-state index contributed by atoms with van der Waals surface area (Å²) in [6.45, 7) is 2.26. The lowest BCUT2D eigenvalue weighted by Crippen LogP contribution is -1.87. The maximum absolute atomic E-state index is 6.22. The average Bonchev–Trinajstić information content (AvgIpc) is 3.19. The SMILES string of the molecule is CCCCCCCCCc1ccc(-c2nnc(-c3cc(Cl)ccc3Cl)o2)cc1. The monoisotopic (exact) mass is 416 g/mol. The number of aromatic nitrogens is 2. The van der Waals surface area contributed by atoms with Gasteiger partial charge in [0.1, 0.15) is 0 Å². The lowest BCUT2D eigenvalue weighted by Gasteiger charge is -2.03. The van der Waals surface area contributed by atoms with E-state index in [4.69, 9.17) is 27.6 Å². The van der Waals surface area contributed by atoms with Crippen LogP contribution in [0.4, 0.5) is 0 Å². The van der Waals surface area contributed by atoms with E-state index in [2.05, 4.69) is 29.3 Å². The first-order chi connectivity index (χ1) is 13.7. The number of benzene rings is 2. The first-order valence-corrected chi connectivity index (χ1v) is 10.8. The lowest BCUT2D eigenvalue weighted by molar-refractivity contribution is 0.584. The van der Waals surface area contributed by atoms with Gasteiger partial charge >= 0.3 is 0 Å². The number of nitrogens with zero attached hydrogens (tertiary/aromatic N) is 2. The van der Waals surface area contributed by atoms with Gasteiger partial charge in [0.15, 0.2) is 0 Å². The van der Waals surface area contributed by atoms with E-state index in [1.165, 1.54) is 50.5 Å². The zero-order chi connectivity index (χ0) is 19.8. The van der Waals surface area contributed by atoms with Crippen molar-refractivity contribution in [3.63, 3.8) is 0 Å². The van der Waals surface area contributed by atoms with E-state index in [0.717, 1.165) is 12.0 Å². The van der Waals surface area contributed by atoms with E-state index in [1.807, 2.05) is 12.1 Å². The highest BCUT2D eigenvalue weighted by molar-refractivity contribution is 6.35. The molecule has 148 valence electrons. The molecule has 0 saturated heterocycles. The Kier molecular flexibility index (Phi) is 7.93. The van der Waals surface area contributed by atoms with Crippen LogP contribution in [-0.2, 0) is 6.42 Å². The molecule has 3 rings (SSSR count). The van der Waals surface area contributed by atoms with Gasteiger partial charge in [-0.25, -0.2) is 0 Å². The van der Waals surface area contributed by atoms with Crippen LogP contribution in [0.5, 0.6) is 0 Å². The maximum Gasteiger partial charge on any atom is 0.249 e. The predicted molar refractivity (Wildman–Crippen MR) is 117 cm³/mol. The van der Waals surface area contributed by atoms with E-state index < -0.39 is 0 Å². The number of unbranched alkanes of at least 4 members (excludes halogenated alkanes) is 6. The Balaban J connectivity index is 1.55. The number of halogens is 2. The van der Waals surface area contributed by atoms with Gasteiger partial charge in [0.2, 0.25) is 11.8 Å². The van der Waals surface area contributed by atoms with Gasteiger partial charge in [-0.3, -0.25) is 0 Å². The Morgan fingerprint density at radius 1 is 0.786 bits per heavy atom. The summed E-state index contributed by atoms with van der Waals surface area (Å²) >= 11 is 12.3. The smallest absolute Gasteiger partial charge is 0.249 e. The molecule has 0 radical (unpaired) electrons. The lowest BCUT2D eigenvalue weighted by atomic mass is 10.0. The van der Waals surface area contributed by atoms with Crippen LogP contribution >= 0.6 is 23.2 Å². The van der Waals surface area contributed by atoms with Crippen LogP contribution < -0.4 is 0 Å². The molecule has 28 heavy (non-hydrogen) atoms. The van der Waals surface area contributed by atoms with Gasteiger partial charge in [-0.05, 0) is 48.7 Å². The first kappa shape index (κ1) is 20.9. The molecule has 0 saturated carbocycles. The molecule has 0 spiro atoms. The van der Waals surface area contributed by atoms with Crippen molar-refractivity contribution in [2.75, 3.05) is 0 Å². The van der Waals surface area contributed by atoms with Crippen LogP contribution in [-0.4, -0.2) is 10.2 Å². The van der Waals surface area contributed by atoms with Crippen molar-refractivity contribution in [1.82, 2.24) is 10.2 Å². The zero-order valence-electron chi connectivity index (χ0n) is 16.3. The molecule has 0 aliphatic carbocycles. The van der Waals surface area contributed by atoms with E-state index in [0.29, 0.717) is 27.4 Å². The van der Waals surface area contributed by atoms with Gasteiger partial charge in [-0.15, -0.1) is 10.2 Å². The molecule has 0 bridgehead atoms. The largest absolute Gasteiger partial charge is 0.416 e. The molecule has 3 aromatic rings. The van der Waals surface area contributed by atoms with Gasteiger partial charge in [-0.2, -0.15) is 0 Å². The minimum absolute atomic E-state index is 0.370. The van der Waals surface area contributed by atoms with Crippen molar-refractivity contribution in [2.45, 2.75) is 58.3 Å². The molecule has 0 fully saturated rings. The average molecular weight is 417 g/mol. The molecule has 2 aromatic carbocycles. The number of aryl methyl sites for hydroxylation is 1. The van der Waals surface area contributed by atoms with Gasteiger partial charge in [-0.1, -0.05) is 80.8 Å². The van der Waals surface area contributed by atoms with Crippen LogP contribution in [0.15, 0.2) is 46.9 Å². The van der Waals surface area contributed by atoms with Gasteiger partial charge in [0.05, 0.1) is 10.6 Å². The molecule has 0 aliphatic rings. The minimum atomic E-state index is 0.370. The fourth-order valence-electron chi connectivity index (χ4n) is 3.21. The molecule has 0 atom stereocenters. The Labute approximate surface area is 177 Å². The van der Waals surface area contributed by atoms with Crippen molar-refractivity contribution in [2.24, 2.45) is 0 Å². The molecule has 0 aliphatic heterocycles. The molecule has 0 unspecified atom stereocenters. The fraction of sp³-hybridized carbons (Fsp3) is 0.391. The third kappa shape index (κ3) is 5.83. The van der Waals surface area contributed by atoms with Crippen LogP contribution in [0.2, 0.25) is 10.0 Å². The number of hydrogen-bond donors (Lipinski definition) is 0. The van der Waals surface area contributed by atoms with Crippen molar-refractivity contribution in [3.8, 4) is 22.9 Å². The predicted octanol–water partition coefficient (Wildman–Crippen LogP) is 8.00. The van der Waals surface area contributed by atoms with Crippen LogP contribution in [0.3, 0.4) is 0 Å². The second kappa shape index (κ2) is 10.6. The summed E-state index contributed by atoms with van der Waals surface area (Å²) in [4.78, 5) is 0. The van der Waals surface area contributed by atoms with E-state index in [9.17, 15) is 0 Å². The summed E-state index contributed by atoms with van der Waals surface area (Å²) in [7, 11) is 0. The van der Waals surface area contributed by atoms with Crippen molar-refractivity contribution < 1.29 is 4.42 Å². The molecule has 0 amide bonds. The summed E-state index contributed by atoms with van der Waals surface area (Å²) in [5.41, 5.74) is 2.89. The Morgan fingerprint density at radius 2 is 1.46 bits per heavy atom. The van der Waals surface area contributed by atoms with Crippen LogP contribution in [0, 0.1) is 0 Å². The zero-order valence-corrected chi connectivity index (χ0v) is 17.8. The first-order valence-electron chi connectivity index (χ1n) is 10.1. The minimum Gasteiger partial charge on any atom is -0.416 e. The normalized spacial score (nSPS) is 11.1. The summed E-state index contributed by atoms with van der Waals surface area (Å²) in [6.07, 6.45) is 10.4. The third-order valence-corrected chi connectivity index (χ3v) is 5.42.